The summed E-state index contributed by atoms with van der Waals surface area (Å²) in [6.45, 7) is 4.43. The Labute approximate surface area is 189 Å². The van der Waals surface area contributed by atoms with E-state index in [0.717, 1.165) is 52.4 Å². The van der Waals surface area contributed by atoms with Crippen LogP contribution < -0.4 is 5.32 Å². The lowest BCUT2D eigenvalue weighted by Crippen LogP contribution is -2.44. The van der Waals surface area contributed by atoms with Crippen molar-refractivity contribution in [2.75, 3.05) is 20.1 Å². The van der Waals surface area contributed by atoms with Gasteiger partial charge in [-0.25, -0.2) is 4.39 Å². The fourth-order valence-corrected chi connectivity index (χ4v) is 5.74. The minimum atomic E-state index is -0.291. The van der Waals surface area contributed by atoms with E-state index in [2.05, 4.69) is 49.1 Å². The molecule has 1 aliphatic heterocycles. The summed E-state index contributed by atoms with van der Waals surface area (Å²) in [5.74, 6) is -0.419. The molecule has 29 heavy (non-hydrogen) atoms. The summed E-state index contributed by atoms with van der Waals surface area (Å²) in [5.41, 5.74) is 1.80. The Bertz CT molecular complexity index is 838. The smallest absolute Gasteiger partial charge is 0.223 e. The predicted octanol–water partition coefficient (Wildman–Crippen LogP) is 5.66. The summed E-state index contributed by atoms with van der Waals surface area (Å²) >= 11 is 6.99. The van der Waals surface area contributed by atoms with Crippen LogP contribution in [0.2, 0.25) is 0 Å². The maximum absolute atomic E-state index is 13.6. The van der Waals surface area contributed by atoms with Gasteiger partial charge in [0.25, 0.3) is 0 Å². The normalized spacial score (nSPS) is 21.4. The zero-order valence-corrected chi connectivity index (χ0v) is 20.0. The Balaban J connectivity index is 1.82. The van der Waals surface area contributed by atoms with E-state index in [9.17, 15) is 9.18 Å². The predicted molar refractivity (Wildman–Crippen MR) is 122 cm³/mol. The number of likely N-dealkylation sites (tertiary alicyclic amines) is 1. The lowest BCUT2D eigenvalue weighted by molar-refractivity contribution is -0.127. The van der Waals surface area contributed by atoms with Crippen molar-refractivity contribution in [1.82, 2.24) is 10.2 Å². The van der Waals surface area contributed by atoms with E-state index in [0.29, 0.717) is 6.54 Å². The van der Waals surface area contributed by atoms with Gasteiger partial charge in [-0.3, -0.25) is 4.79 Å². The summed E-state index contributed by atoms with van der Waals surface area (Å²) in [6, 6.07) is 12.7. The molecule has 2 aromatic rings. The number of hydrogen-bond donors (Lipinski definition) is 1. The van der Waals surface area contributed by atoms with Gasteiger partial charge in [0.15, 0.2) is 0 Å². The average molecular weight is 526 g/mol. The molecule has 1 saturated heterocycles. The summed E-state index contributed by atoms with van der Waals surface area (Å²) < 4.78 is 15.5. The molecule has 0 aliphatic carbocycles. The topological polar surface area (TPSA) is 32.3 Å². The van der Waals surface area contributed by atoms with Gasteiger partial charge >= 0.3 is 0 Å². The quantitative estimate of drug-likeness (QED) is 0.546. The molecule has 0 aromatic heterocycles. The van der Waals surface area contributed by atoms with Gasteiger partial charge in [-0.15, -0.1) is 0 Å². The highest BCUT2D eigenvalue weighted by Crippen LogP contribution is 2.42. The number of benzene rings is 2. The third-order valence-electron chi connectivity index (χ3n) is 6.13. The van der Waals surface area contributed by atoms with Crippen molar-refractivity contribution in [1.29, 1.82) is 0 Å². The average Bonchev–Trinajstić information content (AvgIpc) is 2.88. The first-order chi connectivity index (χ1) is 13.8. The molecule has 2 aromatic carbocycles. The first kappa shape index (κ1) is 22.4. The molecular formula is C23H27Br2FN2O. The first-order valence-electron chi connectivity index (χ1n) is 9.97. The minimum absolute atomic E-state index is 0.0370. The second-order valence-corrected chi connectivity index (χ2v) is 9.87. The van der Waals surface area contributed by atoms with Crippen LogP contribution in [-0.4, -0.2) is 30.9 Å². The fourth-order valence-electron chi connectivity index (χ4n) is 4.35. The van der Waals surface area contributed by atoms with Crippen LogP contribution in [0.4, 0.5) is 4.39 Å². The number of carbonyl (C=O) groups excluding carboxylic acids is 1. The van der Waals surface area contributed by atoms with Gasteiger partial charge in [-0.2, -0.15) is 0 Å². The summed E-state index contributed by atoms with van der Waals surface area (Å²) in [7, 11) is 2.12. The van der Waals surface area contributed by atoms with Crippen LogP contribution in [0, 0.1) is 11.7 Å². The lowest BCUT2D eigenvalue weighted by Gasteiger charge is -2.38. The monoisotopic (exact) mass is 524 g/mol. The largest absolute Gasteiger partial charge is 0.352 e. The maximum atomic E-state index is 13.6. The first-order valence-corrected chi connectivity index (χ1v) is 11.6. The molecule has 1 N–H and O–H groups in total. The number of carbonyl (C=O) groups is 1. The van der Waals surface area contributed by atoms with E-state index < -0.39 is 0 Å². The number of hydrogen-bond acceptors (Lipinski definition) is 2. The van der Waals surface area contributed by atoms with E-state index in [1.165, 1.54) is 12.1 Å². The number of halogens is 3. The molecule has 1 aliphatic rings. The zero-order valence-electron chi connectivity index (χ0n) is 16.9. The van der Waals surface area contributed by atoms with Crippen LogP contribution >= 0.6 is 31.9 Å². The number of rotatable bonds is 5. The highest BCUT2D eigenvalue weighted by atomic mass is 79.9. The number of amides is 1. The third kappa shape index (κ3) is 5.47. The summed E-state index contributed by atoms with van der Waals surface area (Å²) in [5, 5.41) is 3.12. The van der Waals surface area contributed by atoms with Gasteiger partial charge in [-0.1, -0.05) is 50.9 Å². The number of nitrogens with one attached hydrogen (secondary N) is 1. The molecule has 3 rings (SSSR count). The summed E-state index contributed by atoms with van der Waals surface area (Å²) in [6.07, 6.45) is 2.82. The standard InChI is InChI=1S/C23H27Br2FN2O/c1-16(22(29)27-15-17-12-19(24)14-20(25)13-17)23(8-3-10-28(2)11-9-23)18-4-6-21(26)7-5-18/h4-7,12-14,16H,3,8-11,15H2,1-2H3,(H,27,29). The van der Waals surface area contributed by atoms with Gasteiger partial charge in [0.1, 0.15) is 5.82 Å². The molecule has 0 bridgehead atoms. The Morgan fingerprint density at radius 3 is 2.45 bits per heavy atom. The molecular weight excluding hydrogens is 499 g/mol. The van der Waals surface area contributed by atoms with E-state index >= 15 is 0 Å². The molecule has 6 heteroatoms. The van der Waals surface area contributed by atoms with Gasteiger partial charge < -0.3 is 10.2 Å². The van der Waals surface area contributed by atoms with Crippen molar-refractivity contribution in [2.45, 2.75) is 38.1 Å². The van der Waals surface area contributed by atoms with Crippen LogP contribution in [0.1, 0.15) is 37.3 Å². The van der Waals surface area contributed by atoms with Gasteiger partial charge in [0.2, 0.25) is 5.91 Å². The van der Waals surface area contributed by atoms with Gasteiger partial charge in [-0.05, 0) is 80.9 Å². The molecule has 156 valence electrons. The molecule has 2 atom stereocenters. The molecule has 0 saturated carbocycles. The molecule has 1 amide bonds. The Morgan fingerprint density at radius 2 is 1.79 bits per heavy atom. The highest BCUT2D eigenvalue weighted by Gasteiger charge is 2.42. The molecule has 1 heterocycles. The molecule has 0 spiro atoms. The van der Waals surface area contributed by atoms with Gasteiger partial charge in [0, 0.05) is 26.8 Å². The van der Waals surface area contributed by atoms with Crippen molar-refractivity contribution in [2.24, 2.45) is 5.92 Å². The summed E-state index contributed by atoms with van der Waals surface area (Å²) in [4.78, 5) is 15.5. The Kier molecular flexibility index (Phi) is 7.52. The lowest BCUT2D eigenvalue weighted by atomic mass is 9.66. The van der Waals surface area contributed by atoms with Crippen LogP contribution in [0.3, 0.4) is 0 Å². The third-order valence-corrected chi connectivity index (χ3v) is 7.05. The van der Waals surface area contributed by atoms with Gasteiger partial charge in [0.05, 0.1) is 0 Å². The second kappa shape index (κ2) is 9.71. The van der Waals surface area contributed by atoms with Crippen LogP contribution in [-0.2, 0) is 16.8 Å². The zero-order chi connectivity index (χ0) is 21.0. The van der Waals surface area contributed by atoms with E-state index in [-0.39, 0.29) is 23.1 Å². The number of nitrogens with zero attached hydrogens (tertiary/aromatic N) is 1. The maximum Gasteiger partial charge on any atom is 0.223 e. The van der Waals surface area contributed by atoms with Crippen molar-refractivity contribution >= 4 is 37.8 Å². The van der Waals surface area contributed by atoms with Crippen molar-refractivity contribution in [3.8, 4) is 0 Å². The van der Waals surface area contributed by atoms with Crippen LogP contribution in [0.5, 0.6) is 0 Å². The van der Waals surface area contributed by atoms with Crippen molar-refractivity contribution in [3.63, 3.8) is 0 Å². The van der Waals surface area contributed by atoms with E-state index in [1.807, 2.05) is 37.3 Å². The Hall–Kier alpha value is -1.24. The molecule has 2 unspecified atom stereocenters. The van der Waals surface area contributed by atoms with E-state index in [1.54, 1.807) is 0 Å². The SMILES string of the molecule is CC(C(=O)NCc1cc(Br)cc(Br)c1)C1(c2ccc(F)cc2)CCCN(C)CC1. The minimum Gasteiger partial charge on any atom is -0.352 e. The van der Waals surface area contributed by atoms with E-state index in [4.69, 9.17) is 0 Å². The Morgan fingerprint density at radius 1 is 1.14 bits per heavy atom. The van der Waals surface area contributed by atoms with Crippen LogP contribution in [0.25, 0.3) is 0 Å². The van der Waals surface area contributed by atoms with Crippen molar-refractivity contribution < 1.29 is 9.18 Å². The second-order valence-electron chi connectivity index (χ2n) is 8.04. The fraction of sp³-hybridized carbons (Fsp3) is 0.435. The molecule has 3 nitrogen and oxygen atoms in total. The van der Waals surface area contributed by atoms with Crippen LogP contribution in [0.15, 0.2) is 51.4 Å². The molecule has 1 fully saturated rings. The highest BCUT2D eigenvalue weighted by molar-refractivity contribution is 9.11. The van der Waals surface area contributed by atoms with Crippen molar-refractivity contribution in [3.05, 3.63) is 68.4 Å². The molecule has 0 radical (unpaired) electrons.